The fourth-order valence-electron chi connectivity index (χ4n) is 1.56. The lowest BCUT2D eigenvalue weighted by Gasteiger charge is -2.05. The quantitative estimate of drug-likeness (QED) is 0.886. The number of rotatable bonds is 3. The van der Waals surface area contributed by atoms with Gasteiger partial charge in [0, 0.05) is 5.69 Å². The molecule has 0 aromatic heterocycles. The third-order valence-electron chi connectivity index (χ3n) is 2.39. The minimum Gasteiger partial charge on any atom is -0.326 e. The van der Waals surface area contributed by atoms with Crippen molar-refractivity contribution in [3.8, 4) is 0 Å². The predicted octanol–water partition coefficient (Wildman–Crippen LogP) is 3.15. The van der Waals surface area contributed by atoms with Gasteiger partial charge in [-0.1, -0.05) is 18.2 Å². The number of carbonyl (C=O) groups is 1. The van der Waals surface area contributed by atoms with Crippen molar-refractivity contribution in [2.24, 2.45) is 0 Å². The first kappa shape index (κ1) is 12.2. The third-order valence-corrected chi connectivity index (χ3v) is 2.39. The summed E-state index contributed by atoms with van der Waals surface area (Å²) in [5.74, 6) is -1.02. The van der Waals surface area contributed by atoms with Crippen molar-refractivity contribution < 1.29 is 13.6 Å². The van der Waals surface area contributed by atoms with Crippen LogP contribution in [-0.4, -0.2) is 5.91 Å². The molecule has 2 nitrogen and oxygen atoms in total. The molecule has 2 aromatic rings. The van der Waals surface area contributed by atoms with Gasteiger partial charge in [-0.05, 0) is 35.9 Å². The van der Waals surface area contributed by atoms with Gasteiger partial charge in [-0.25, -0.2) is 8.78 Å². The summed E-state index contributed by atoms with van der Waals surface area (Å²) in [6, 6.07) is 11.3. The number of hydrogen-bond acceptors (Lipinski definition) is 1. The molecule has 18 heavy (non-hydrogen) atoms. The zero-order valence-electron chi connectivity index (χ0n) is 9.49. The average molecular weight is 247 g/mol. The molecular weight excluding hydrogens is 236 g/mol. The van der Waals surface area contributed by atoms with Gasteiger partial charge in [0.15, 0.2) is 0 Å². The van der Waals surface area contributed by atoms with E-state index >= 15 is 0 Å². The molecule has 0 fully saturated rings. The Morgan fingerprint density at radius 3 is 2.39 bits per heavy atom. The maximum absolute atomic E-state index is 12.9. The molecule has 0 aliphatic carbocycles. The molecule has 0 radical (unpaired) electrons. The van der Waals surface area contributed by atoms with E-state index in [-0.39, 0.29) is 18.1 Å². The summed E-state index contributed by atoms with van der Waals surface area (Å²) in [7, 11) is 0. The van der Waals surface area contributed by atoms with E-state index in [1.807, 2.05) is 0 Å². The van der Waals surface area contributed by atoms with Gasteiger partial charge < -0.3 is 5.32 Å². The summed E-state index contributed by atoms with van der Waals surface area (Å²) < 4.78 is 25.6. The van der Waals surface area contributed by atoms with Gasteiger partial charge in [-0.3, -0.25) is 4.79 Å². The highest BCUT2D eigenvalue weighted by atomic mass is 19.1. The molecular formula is C14H11F2NO. The number of amides is 1. The van der Waals surface area contributed by atoms with Crippen molar-refractivity contribution in [3.05, 3.63) is 65.7 Å². The van der Waals surface area contributed by atoms with Gasteiger partial charge in [0.05, 0.1) is 6.42 Å². The van der Waals surface area contributed by atoms with Crippen LogP contribution in [0, 0.1) is 11.6 Å². The van der Waals surface area contributed by atoms with Gasteiger partial charge >= 0.3 is 0 Å². The molecule has 0 bridgehead atoms. The lowest BCUT2D eigenvalue weighted by molar-refractivity contribution is -0.115. The van der Waals surface area contributed by atoms with Crippen LogP contribution in [-0.2, 0) is 11.2 Å². The normalized spacial score (nSPS) is 10.1. The van der Waals surface area contributed by atoms with Gasteiger partial charge in [-0.2, -0.15) is 0 Å². The Bertz CT molecular complexity index is 552. The smallest absolute Gasteiger partial charge is 0.228 e. The third kappa shape index (κ3) is 3.38. The monoisotopic (exact) mass is 247 g/mol. The fourth-order valence-corrected chi connectivity index (χ4v) is 1.56. The van der Waals surface area contributed by atoms with E-state index in [1.165, 1.54) is 30.3 Å². The summed E-state index contributed by atoms with van der Waals surface area (Å²) in [6.07, 6.45) is 0.122. The molecule has 0 aliphatic heterocycles. The number of halogens is 2. The van der Waals surface area contributed by atoms with E-state index in [1.54, 1.807) is 18.2 Å². The lowest BCUT2D eigenvalue weighted by atomic mass is 10.1. The first-order valence-corrected chi connectivity index (χ1v) is 5.43. The van der Waals surface area contributed by atoms with Crippen molar-refractivity contribution in [2.45, 2.75) is 6.42 Å². The molecule has 0 spiro atoms. The molecule has 2 rings (SSSR count). The first-order valence-electron chi connectivity index (χ1n) is 5.43. The average Bonchev–Trinajstić information content (AvgIpc) is 2.32. The van der Waals surface area contributed by atoms with Gasteiger partial charge in [-0.15, -0.1) is 0 Å². The van der Waals surface area contributed by atoms with E-state index in [0.29, 0.717) is 11.3 Å². The first-order chi connectivity index (χ1) is 8.63. The molecule has 0 atom stereocenters. The molecule has 0 heterocycles. The molecule has 0 unspecified atom stereocenters. The van der Waals surface area contributed by atoms with Crippen molar-refractivity contribution >= 4 is 11.6 Å². The van der Waals surface area contributed by atoms with Crippen LogP contribution >= 0.6 is 0 Å². The van der Waals surface area contributed by atoms with Crippen molar-refractivity contribution in [2.75, 3.05) is 5.32 Å². The Labute approximate surface area is 103 Å². The van der Waals surface area contributed by atoms with E-state index in [0.717, 1.165) is 0 Å². The molecule has 92 valence electrons. The second kappa shape index (κ2) is 5.40. The highest BCUT2D eigenvalue weighted by molar-refractivity contribution is 5.92. The number of nitrogens with one attached hydrogen (secondary N) is 1. The van der Waals surface area contributed by atoms with Crippen LogP contribution in [0.25, 0.3) is 0 Å². The van der Waals surface area contributed by atoms with E-state index in [9.17, 15) is 13.6 Å². The summed E-state index contributed by atoms with van der Waals surface area (Å²) >= 11 is 0. The number of hydrogen-bond donors (Lipinski definition) is 1. The van der Waals surface area contributed by atoms with E-state index in [2.05, 4.69) is 5.32 Å². The maximum atomic E-state index is 12.9. The highest BCUT2D eigenvalue weighted by Crippen LogP contribution is 2.10. The molecule has 1 amide bonds. The van der Waals surface area contributed by atoms with Crippen LogP contribution in [0.4, 0.5) is 14.5 Å². The van der Waals surface area contributed by atoms with Crippen LogP contribution in [0.2, 0.25) is 0 Å². The van der Waals surface area contributed by atoms with Crippen LogP contribution < -0.4 is 5.32 Å². The van der Waals surface area contributed by atoms with Crippen molar-refractivity contribution in [3.63, 3.8) is 0 Å². The molecule has 0 saturated carbocycles. The summed E-state index contributed by atoms with van der Waals surface area (Å²) in [4.78, 5) is 11.7. The molecule has 4 heteroatoms. The van der Waals surface area contributed by atoms with Crippen molar-refractivity contribution in [1.29, 1.82) is 0 Å². The van der Waals surface area contributed by atoms with Gasteiger partial charge in [0.1, 0.15) is 11.6 Å². The van der Waals surface area contributed by atoms with Crippen molar-refractivity contribution in [1.82, 2.24) is 0 Å². The topological polar surface area (TPSA) is 29.1 Å². The zero-order valence-corrected chi connectivity index (χ0v) is 9.49. The molecule has 1 N–H and O–H groups in total. The SMILES string of the molecule is O=C(Cc1ccc(F)cc1)Nc1cccc(F)c1. The van der Waals surface area contributed by atoms with Gasteiger partial charge in [0.2, 0.25) is 5.91 Å². The van der Waals surface area contributed by atoms with Gasteiger partial charge in [0.25, 0.3) is 0 Å². The zero-order chi connectivity index (χ0) is 13.0. The summed E-state index contributed by atoms with van der Waals surface area (Å²) in [5, 5.41) is 2.57. The number of anilines is 1. The highest BCUT2D eigenvalue weighted by Gasteiger charge is 2.04. The summed E-state index contributed by atoms with van der Waals surface area (Å²) in [6.45, 7) is 0. The second-order valence-corrected chi connectivity index (χ2v) is 3.86. The largest absolute Gasteiger partial charge is 0.326 e. The van der Waals surface area contributed by atoms with Crippen LogP contribution in [0.1, 0.15) is 5.56 Å². The second-order valence-electron chi connectivity index (χ2n) is 3.86. The predicted molar refractivity (Wildman–Crippen MR) is 65.1 cm³/mol. The van der Waals surface area contributed by atoms with Crippen LogP contribution in [0.3, 0.4) is 0 Å². The van der Waals surface area contributed by atoms with E-state index in [4.69, 9.17) is 0 Å². The minimum atomic E-state index is -0.408. The Hall–Kier alpha value is -2.23. The maximum Gasteiger partial charge on any atom is 0.228 e. The summed E-state index contributed by atoms with van der Waals surface area (Å²) in [5.41, 5.74) is 1.10. The van der Waals surface area contributed by atoms with Crippen LogP contribution in [0.15, 0.2) is 48.5 Å². The standard InChI is InChI=1S/C14H11F2NO/c15-11-6-4-10(5-7-11)8-14(18)17-13-3-1-2-12(16)9-13/h1-7,9H,8H2,(H,17,18). The Morgan fingerprint density at radius 1 is 1.00 bits per heavy atom. The Balaban J connectivity index is 1.98. The molecule has 2 aromatic carbocycles. The lowest BCUT2D eigenvalue weighted by Crippen LogP contribution is -2.14. The van der Waals surface area contributed by atoms with E-state index < -0.39 is 5.82 Å². The molecule has 0 aliphatic rings. The Kier molecular flexibility index (Phi) is 3.67. The number of carbonyl (C=O) groups excluding carboxylic acids is 1. The molecule has 0 saturated heterocycles. The minimum absolute atomic E-state index is 0.122. The Morgan fingerprint density at radius 2 is 1.72 bits per heavy atom. The fraction of sp³-hybridized carbons (Fsp3) is 0.0714. The number of benzene rings is 2. The van der Waals surface area contributed by atoms with Crippen LogP contribution in [0.5, 0.6) is 0 Å².